The van der Waals surface area contributed by atoms with E-state index in [4.69, 9.17) is 4.74 Å². The third-order valence-corrected chi connectivity index (χ3v) is 6.86. The summed E-state index contributed by atoms with van der Waals surface area (Å²) in [7, 11) is -3.94. The smallest absolute Gasteiger partial charge is 0.243 e. The van der Waals surface area contributed by atoms with Gasteiger partial charge in [0.1, 0.15) is 0 Å². The SMILES string of the molecule is CC(=O)N(C1CCOCC1)[C@H]1CCN(S(=O)(=O)c2ccc(F)c(F)c2)C1. The van der Waals surface area contributed by atoms with Crippen molar-refractivity contribution < 1.29 is 26.7 Å². The quantitative estimate of drug-likeness (QED) is 0.788. The lowest BCUT2D eigenvalue weighted by Crippen LogP contribution is -2.49. The van der Waals surface area contributed by atoms with Crippen LogP contribution < -0.4 is 0 Å². The van der Waals surface area contributed by atoms with E-state index in [0.29, 0.717) is 25.7 Å². The molecule has 0 aromatic heterocycles. The van der Waals surface area contributed by atoms with Crippen LogP contribution in [0.1, 0.15) is 26.2 Å². The van der Waals surface area contributed by atoms with E-state index in [-0.39, 0.29) is 36.0 Å². The number of ether oxygens (including phenoxy) is 1. The fraction of sp³-hybridized carbons (Fsp3) is 0.588. The molecule has 6 nitrogen and oxygen atoms in total. The predicted molar refractivity (Wildman–Crippen MR) is 89.9 cm³/mol. The molecule has 0 spiro atoms. The molecule has 3 rings (SSSR count). The monoisotopic (exact) mass is 388 g/mol. The molecule has 2 aliphatic heterocycles. The average Bonchev–Trinajstić information content (AvgIpc) is 3.08. The number of nitrogens with zero attached hydrogens (tertiary/aromatic N) is 2. The second-order valence-electron chi connectivity index (χ2n) is 6.65. The number of hydrogen-bond acceptors (Lipinski definition) is 4. The topological polar surface area (TPSA) is 66.9 Å². The van der Waals surface area contributed by atoms with E-state index in [1.807, 2.05) is 0 Å². The van der Waals surface area contributed by atoms with Crippen molar-refractivity contribution in [2.45, 2.75) is 43.2 Å². The van der Waals surface area contributed by atoms with Gasteiger partial charge in [-0.3, -0.25) is 4.79 Å². The summed E-state index contributed by atoms with van der Waals surface area (Å²) in [4.78, 5) is 13.7. The molecule has 0 saturated carbocycles. The highest BCUT2D eigenvalue weighted by molar-refractivity contribution is 7.89. The standard InChI is InChI=1S/C17H22F2N2O4S/c1-12(22)21(13-5-8-25-9-6-13)14-4-7-20(11-14)26(23,24)15-2-3-16(18)17(19)10-15/h2-3,10,13-14H,4-9,11H2,1H3/t14-/m0/s1. The maximum absolute atomic E-state index is 13.4. The number of sulfonamides is 1. The van der Waals surface area contributed by atoms with Gasteiger partial charge < -0.3 is 9.64 Å². The highest BCUT2D eigenvalue weighted by atomic mass is 32.2. The first kappa shape index (κ1) is 19.2. The van der Waals surface area contributed by atoms with E-state index in [0.717, 1.165) is 25.0 Å². The molecule has 1 aromatic rings. The first-order valence-electron chi connectivity index (χ1n) is 8.62. The Morgan fingerprint density at radius 1 is 1.15 bits per heavy atom. The van der Waals surface area contributed by atoms with Crippen molar-refractivity contribution in [2.24, 2.45) is 0 Å². The van der Waals surface area contributed by atoms with Gasteiger partial charge in [-0.15, -0.1) is 0 Å². The summed E-state index contributed by atoms with van der Waals surface area (Å²) in [5.74, 6) is -2.38. The van der Waals surface area contributed by atoms with Crippen LogP contribution >= 0.6 is 0 Å². The number of benzene rings is 1. The first-order valence-corrected chi connectivity index (χ1v) is 10.1. The van der Waals surface area contributed by atoms with E-state index in [1.54, 1.807) is 4.90 Å². The largest absolute Gasteiger partial charge is 0.381 e. The zero-order valence-corrected chi connectivity index (χ0v) is 15.3. The van der Waals surface area contributed by atoms with Crippen molar-refractivity contribution in [3.05, 3.63) is 29.8 Å². The molecular formula is C17H22F2N2O4S. The summed E-state index contributed by atoms with van der Waals surface area (Å²) in [6, 6.07) is 2.37. The molecule has 0 unspecified atom stereocenters. The number of halogens is 2. The van der Waals surface area contributed by atoms with Crippen LogP contribution in [0.15, 0.2) is 23.1 Å². The van der Waals surface area contributed by atoms with Crippen LogP contribution in [0.2, 0.25) is 0 Å². The molecule has 0 N–H and O–H groups in total. The maximum Gasteiger partial charge on any atom is 0.243 e. The summed E-state index contributed by atoms with van der Waals surface area (Å²) in [6.07, 6.45) is 1.97. The fourth-order valence-electron chi connectivity index (χ4n) is 3.72. The zero-order chi connectivity index (χ0) is 18.9. The lowest BCUT2D eigenvalue weighted by Gasteiger charge is -2.37. The number of hydrogen-bond donors (Lipinski definition) is 0. The van der Waals surface area contributed by atoms with Gasteiger partial charge in [-0.05, 0) is 37.5 Å². The third-order valence-electron chi connectivity index (χ3n) is 5.00. The lowest BCUT2D eigenvalue weighted by atomic mass is 10.0. The van der Waals surface area contributed by atoms with E-state index in [9.17, 15) is 22.0 Å². The summed E-state index contributed by atoms with van der Waals surface area (Å²) in [6.45, 7) is 3.04. The van der Waals surface area contributed by atoms with Crippen LogP contribution in [0.5, 0.6) is 0 Å². The highest BCUT2D eigenvalue weighted by Crippen LogP contribution is 2.27. The first-order chi connectivity index (χ1) is 12.3. The fourth-order valence-corrected chi connectivity index (χ4v) is 5.22. The van der Waals surface area contributed by atoms with Crippen LogP contribution in [0.4, 0.5) is 8.78 Å². The second-order valence-corrected chi connectivity index (χ2v) is 8.59. The van der Waals surface area contributed by atoms with Gasteiger partial charge in [-0.1, -0.05) is 0 Å². The molecule has 2 heterocycles. The maximum atomic E-state index is 13.4. The Morgan fingerprint density at radius 3 is 2.46 bits per heavy atom. The number of amides is 1. The van der Waals surface area contributed by atoms with Crippen molar-refractivity contribution in [3.8, 4) is 0 Å². The summed E-state index contributed by atoms with van der Waals surface area (Å²) in [5.41, 5.74) is 0. The van der Waals surface area contributed by atoms with Crippen LogP contribution in [-0.4, -0.2) is 61.9 Å². The predicted octanol–water partition coefficient (Wildman–Crippen LogP) is 1.76. The molecule has 2 aliphatic rings. The molecule has 0 aliphatic carbocycles. The minimum atomic E-state index is -3.94. The lowest BCUT2D eigenvalue weighted by molar-refractivity contribution is -0.135. The van der Waals surface area contributed by atoms with Gasteiger partial charge in [0.05, 0.1) is 4.90 Å². The van der Waals surface area contributed by atoms with Crippen LogP contribution in [0, 0.1) is 11.6 Å². The number of rotatable bonds is 4. The molecule has 2 saturated heterocycles. The Labute approximate surface area is 151 Å². The van der Waals surface area contributed by atoms with Gasteiger partial charge in [-0.2, -0.15) is 4.31 Å². The normalized spacial score (nSPS) is 22.5. The van der Waals surface area contributed by atoms with Gasteiger partial charge >= 0.3 is 0 Å². The molecule has 2 fully saturated rings. The van der Waals surface area contributed by atoms with Gasteiger partial charge in [-0.25, -0.2) is 17.2 Å². The molecule has 0 bridgehead atoms. The van der Waals surface area contributed by atoms with E-state index >= 15 is 0 Å². The number of carbonyl (C=O) groups is 1. The molecule has 26 heavy (non-hydrogen) atoms. The van der Waals surface area contributed by atoms with Crippen molar-refractivity contribution in [3.63, 3.8) is 0 Å². The Hall–Kier alpha value is -1.58. The van der Waals surface area contributed by atoms with Gasteiger partial charge in [0.2, 0.25) is 15.9 Å². The van der Waals surface area contributed by atoms with Crippen molar-refractivity contribution >= 4 is 15.9 Å². The van der Waals surface area contributed by atoms with E-state index < -0.39 is 21.7 Å². The average molecular weight is 388 g/mol. The molecule has 1 amide bonds. The third kappa shape index (κ3) is 3.74. The van der Waals surface area contributed by atoms with Crippen molar-refractivity contribution in [1.82, 2.24) is 9.21 Å². The van der Waals surface area contributed by atoms with Crippen molar-refractivity contribution in [1.29, 1.82) is 0 Å². The Balaban J connectivity index is 1.77. The molecule has 144 valence electrons. The molecular weight excluding hydrogens is 366 g/mol. The Bertz CT molecular complexity index is 781. The van der Waals surface area contributed by atoms with Gasteiger partial charge in [0, 0.05) is 45.3 Å². The summed E-state index contributed by atoms with van der Waals surface area (Å²) in [5, 5.41) is 0. The van der Waals surface area contributed by atoms with Crippen LogP contribution in [0.3, 0.4) is 0 Å². The van der Waals surface area contributed by atoms with Crippen LogP contribution in [-0.2, 0) is 19.6 Å². The Kier molecular flexibility index (Phi) is 5.59. The van der Waals surface area contributed by atoms with E-state index in [2.05, 4.69) is 0 Å². The van der Waals surface area contributed by atoms with Gasteiger partial charge in [0.15, 0.2) is 11.6 Å². The molecule has 0 radical (unpaired) electrons. The summed E-state index contributed by atoms with van der Waals surface area (Å²) < 4.78 is 58.5. The molecule has 1 aromatic carbocycles. The number of carbonyl (C=O) groups excluding carboxylic acids is 1. The minimum absolute atomic E-state index is 0.0390. The molecule has 9 heteroatoms. The highest BCUT2D eigenvalue weighted by Gasteiger charge is 2.39. The van der Waals surface area contributed by atoms with E-state index in [1.165, 1.54) is 11.2 Å². The molecule has 1 atom stereocenters. The summed E-state index contributed by atoms with van der Waals surface area (Å²) >= 11 is 0. The zero-order valence-electron chi connectivity index (χ0n) is 14.5. The van der Waals surface area contributed by atoms with Crippen LogP contribution in [0.25, 0.3) is 0 Å². The Morgan fingerprint density at radius 2 is 1.85 bits per heavy atom. The second kappa shape index (κ2) is 7.58. The minimum Gasteiger partial charge on any atom is -0.381 e. The van der Waals surface area contributed by atoms with Gasteiger partial charge in [0.25, 0.3) is 0 Å². The van der Waals surface area contributed by atoms with Crippen molar-refractivity contribution in [2.75, 3.05) is 26.3 Å².